The molecule has 0 aliphatic carbocycles. The molecule has 1 aromatic carbocycles. The summed E-state index contributed by atoms with van der Waals surface area (Å²) in [4.78, 5) is 14.1. The van der Waals surface area contributed by atoms with Crippen molar-refractivity contribution in [1.29, 1.82) is 0 Å². The van der Waals surface area contributed by atoms with Crippen LogP contribution in [0.15, 0.2) is 34.9 Å². The fourth-order valence-corrected chi connectivity index (χ4v) is 3.00. The highest BCUT2D eigenvalue weighted by atomic mass is 19.4. The Morgan fingerprint density at radius 2 is 2.00 bits per heavy atom. The molecule has 1 amide bonds. The third kappa shape index (κ3) is 3.16. The van der Waals surface area contributed by atoms with Gasteiger partial charge in [-0.2, -0.15) is 13.2 Å². The average molecular weight is 338 g/mol. The van der Waals surface area contributed by atoms with Gasteiger partial charge >= 0.3 is 6.18 Å². The highest BCUT2D eigenvalue weighted by molar-refractivity contribution is 6.00. The van der Waals surface area contributed by atoms with E-state index in [0.29, 0.717) is 30.0 Å². The molecule has 0 unspecified atom stereocenters. The molecule has 24 heavy (non-hydrogen) atoms. The Labute approximate surface area is 137 Å². The largest absolute Gasteiger partial charge is 0.393 e. The van der Waals surface area contributed by atoms with Crippen molar-refractivity contribution in [1.82, 2.24) is 10.1 Å². The Kier molecular flexibility index (Phi) is 4.34. The maximum absolute atomic E-state index is 13.0. The number of aromatic nitrogens is 1. The molecule has 1 aliphatic heterocycles. The smallest absolute Gasteiger partial charge is 0.360 e. The molecule has 0 bridgehead atoms. The second kappa shape index (κ2) is 6.30. The van der Waals surface area contributed by atoms with Crippen molar-refractivity contribution < 1.29 is 22.5 Å². The molecule has 0 N–H and O–H groups in total. The zero-order chi connectivity index (χ0) is 17.3. The lowest BCUT2D eigenvalue weighted by Gasteiger charge is -2.33. The number of nitrogens with zero attached hydrogens (tertiary/aromatic N) is 2. The summed E-state index contributed by atoms with van der Waals surface area (Å²) in [6.45, 7) is 1.59. The molecule has 3 rings (SSSR count). The topological polar surface area (TPSA) is 46.3 Å². The van der Waals surface area contributed by atoms with Crippen LogP contribution in [-0.2, 0) is 0 Å². The molecule has 1 aromatic heterocycles. The number of hydrogen-bond donors (Lipinski definition) is 0. The first-order valence-electron chi connectivity index (χ1n) is 7.75. The van der Waals surface area contributed by atoms with Crippen LogP contribution in [0, 0.1) is 12.8 Å². The predicted octanol–water partition coefficient (Wildman–Crippen LogP) is 4.06. The molecule has 1 fully saturated rings. The number of carbonyl (C=O) groups is 1. The van der Waals surface area contributed by atoms with Gasteiger partial charge in [0.2, 0.25) is 0 Å². The van der Waals surface area contributed by atoms with Crippen molar-refractivity contribution in [2.75, 3.05) is 13.1 Å². The first-order chi connectivity index (χ1) is 11.4. The van der Waals surface area contributed by atoms with Crippen LogP contribution < -0.4 is 0 Å². The lowest BCUT2D eigenvalue weighted by Crippen LogP contribution is -2.44. The summed E-state index contributed by atoms with van der Waals surface area (Å²) in [5.74, 6) is -1.62. The highest BCUT2D eigenvalue weighted by Crippen LogP contribution is 2.34. The number of amides is 1. The minimum atomic E-state index is -4.29. The van der Waals surface area contributed by atoms with E-state index in [1.165, 1.54) is 4.90 Å². The van der Waals surface area contributed by atoms with Gasteiger partial charge in [0.15, 0.2) is 0 Å². The number of hydrogen-bond acceptors (Lipinski definition) is 3. The van der Waals surface area contributed by atoms with E-state index in [2.05, 4.69) is 5.16 Å². The summed E-state index contributed by atoms with van der Waals surface area (Å²) in [7, 11) is 0. The predicted molar refractivity (Wildman–Crippen MR) is 81.4 cm³/mol. The monoisotopic (exact) mass is 338 g/mol. The minimum Gasteiger partial charge on any atom is -0.360 e. The van der Waals surface area contributed by atoms with Crippen LogP contribution in [0.2, 0.25) is 0 Å². The van der Waals surface area contributed by atoms with E-state index in [0.717, 1.165) is 0 Å². The zero-order valence-corrected chi connectivity index (χ0v) is 13.1. The maximum Gasteiger partial charge on any atom is 0.393 e. The van der Waals surface area contributed by atoms with Crippen LogP contribution in [0.5, 0.6) is 0 Å². The van der Waals surface area contributed by atoms with Gasteiger partial charge in [-0.25, -0.2) is 0 Å². The number of benzene rings is 1. The number of alkyl halides is 3. The maximum atomic E-state index is 13.0. The lowest BCUT2D eigenvalue weighted by molar-refractivity contribution is -0.184. The molecular weight excluding hydrogens is 321 g/mol. The first-order valence-corrected chi connectivity index (χ1v) is 7.75. The van der Waals surface area contributed by atoms with E-state index < -0.39 is 18.0 Å². The van der Waals surface area contributed by atoms with E-state index in [9.17, 15) is 18.0 Å². The molecule has 1 atom stereocenters. The fourth-order valence-electron chi connectivity index (χ4n) is 3.00. The number of carbonyl (C=O) groups excluding carboxylic acids is 1. The second-order valence-electron chi connectivity index (χ2n) is 5.96. The van der Waals surface area contributed by atoms with Gasteiger partial charge in [0.25, 0.3) is 5.91 Å². The van der Waals surface area contributed by atoms with Crippen molar-refractivity contribution >= 4 is 5.91 Å². The van der Waals surface area contributed by atoms with Gasteiger partial charge in [-0.15, -0.1) is 0 Å². The van der Waals surface area contributed by atoms with Crippen molar-refractivity contribution in [3.05, 3.63) is 41.7 Å². The summed E-state index contributed by atoms with van der Waals surface area (Å²) in [6.07, 6.45) is -3.90. The van der Waals surface area contributed by atoms with Crippen molar-refractivity contribution in [3.8, 4) is 11.3 Å². The van der Waals surface area contributed by atoms with Crippen molar-refractivity contribution in [3.63, 3.8) is 0 Å². The van der Waals surface area contributed by atoms with E-state index in [1.807, 2.05) is 6.07 Å². The number of likely N-dealkylation sites (tertiary alicyclic amines) is 1. The SMILES string of the molecule is Cc1onc(-c2ccccc2)c1C(=O)N1CCC[C@H](C(F)(F)F)C1. The van der Waals surface area contributed by atoms with E-state index in [4.69, 9.17) is 4.52 Å². The van der Waals surface area contributed by atoms with Gasteiger partial charge in [0.1, 0.15) is 17.0 Å². The number of aryl methyl sites for hydroxylation is 1. The first kappa shape index (κ1) is 16.5. The number of rotatable bonds is 2. The van der Waals surface area contributed by atoms with Crippen LogP contribution in [0.4, 0.5) is 13.2 Å². The van der Waals surface area contributed by atoms with Crippen LogP contribution in [0.1, 0.15) is 29.0 Å². The minimum absolute atomic E-state index is 0.0570. The highest BCUT2D eigenvalue weighted by Gasteiger charge is 2.43. The molecular formula is C17H17F3N2O2. The summed E-state index contributed by atoms with van der Waals surface area (Å²) in [5.41, 5.74) is 1.30. The molecule has 128 valence electrons. The average Bonchev–Trinajstić information content (AvgIpc) is 2.96. The van der Waals surface area contributed by atoms with E-state index in [-0.39, 0.29) is 18.5 Å². The van der Waals surface area contributed by atoms with Crippen LogP contribution >= 0.6 is 0 Å². The fraction of sp³-hybridized carbons (Fsp3) is 0.412. The molecule has 2 heterocycles. The Hall–Kier alpha value is -2.31. The van der Waals surface area contributed by atoms with Gasteiger partial charge in [-0.05, 0) is 19.8 Å². The molecule has 0 saturated carbocycles. The standard InChI is InChI=1S/C17H17F3N2O2/c1-11-14(15(21-24-11)12-6-3-2-4-7-12)16(23)22-9-5-8-13(10-22)17(18,19)20/h2-4,6-7,13H,5,8-10H2,1H3/t13-/m0/s1. The molecule has 0 radical (unpaired) electrons. The van der Waals surface area contributed by atoms with Gasteiger partial charge in [-0.3, -0.25) is 4.79 Å². The van der Waals surface area contributed by atoms with Gasteiger partial charge < -0.3 is 9.42 Å². The Balaban J connectivity index is 1.89. The van der Waals surface area contributed by atoms with E-state index in [1.54, 1.807) is 31.2 Å². The molecule has 1 aliphatic rings. The quantitative estimate of drug-likeness (QED) is 0.829. The van der Waals surface area contributed by atoms with E-state index >= 15 is 0 Å². The van der Waals surface area contributed by atoms with Gasteiger partial charge in [0, 0.05) is 18.7 Å². The normalized spacial score (nSPS) is 18.7. The molecule has 2 aromatic rings. The van der Waals surface area contributed by atoms with Crippen molar-refractivity contribution in [2.24, 2.45) is 5.92 Å². The van der Waals surface area contributed by atoms with Crippen molar-refractivity contribution in [2.45, 2.75) is 25.9 Å². The van der Waals surface area contributed by atoms with Crippen LogP contribution in [0.3, 0.4) is 0 Å². The molecule has 7 heteroatoms. The van der Waals surface area contributed by atoms with Crippen LogP contribution in [0.25, 0.3) is 11.3 Å². The third-order valence-corrected chi connectivity index (χ3v) is 4.30. The second-order valence-corrected chi connectivity index (χ2v) is 5.96. The van der Waals surface area contributed by atoms with Gasteiger partial charge in [0.05, 0.1) is 5.92 Å². The summed E-state index contributed by atoms with van der Waals surface area (Å²) >= 11 is 0. The Morgan fingerprint density at radius 1 is 1.29 bits per heavy atom. The zero-order valence-electron chi connectivity index (χ0n) is 13.1. The Bertz CT molecular complexity index is 725. The van der Waals surface area contributed by atoms with Crippen LogP contribution in [-0.4, -0.2) is 35.2 Å². The number of piperidine rings is 1. The van der Waals surface area contributed by atoms with Gasteiger partial charge in [-0.1, -0.05) is 35.5 Å². The summed E-state index contributed by atoms with van der Waals surface area (Å²) in [5, 5.41) is 3.92. The summed E-state index contributed by atoms with van der Waals surface area (Å²) < 4.78 is 44.1. The molecule has 1 saturated heterocycles. The lowest BCUT2D eigenvalue weighted by atomic mass is 9.96. The number of halogens is 3. The summed E-state index contributed by atoms with van der Waals surface area (Å²) in [6, 6.07) is 8.99. The molecule has 0 spiro atoms. The third-order valence-electron chi connectivity index (χ3n) is 4.30. The molecule has 4 nitrogen and oxygen atoms in total. The Morgan fingerprint density at radius 3 is 2.67 bits per heavy atom.